The molecule has 0 radical (unpaired) electrons. The molecule has 1 heterocycles. The molecule has 1 aromatic carbocycles. The molecule has 1 fully saturated rings. The van der Waals surface area contributed by atoms with Crippen LogP contribution in [0.5, 0.6) is 0 Å². The molecular weight excluding hydrogens is 296 g/mol. The Kier molecular flexibility index (Phi) is 5.84. The van der Waals surface area contributed by atoms with E-state index in [1.54, 1.807) is 6.92 Å². The van der Waals surface area contributed by atoms with Gasteiger partial charge in [0.15, 0.2) is 0 Å². The number of likely N-dealkylation sites (tertiary alicyclic amines) is 1. The van der Waals surface area contributed by atoms with Crippen molar-refractivity contribution in [1.29, 1.82) is 0 Å². The molecule has 0 aliphatic carbocycles. The molecular formula is C17H24N2O4. The number of esters is 1. The number of hydrogen-bond donors (Lipinski definition) is 2. The Morgan fingerprint density at radius 1 is 1.43 bits per heavy atom. The molecule has 1 unspecified atom stereocenters. The molecule has 1 atom stereocenters. The van der Waals surface area contributed by atoms with E-state index in [9.17, 15) is 9.59 Å². The molecule has 2 rings (SSSR count). The summed E-state index contributed by atoms with van der Waals surface area (Å²) in [7, 11) is 0. The molecule has 0 spiro atoms. The van der Waals surface area contributed by atoms with Gasteiger partial charge >= 0.3 is 12.1 Å². The number of aryl methyl sites for hydroxylation is 1. The van der Waals surface area contributed by atoms with Crippen LogP contribution in [0.25, 0.3) is 0 Å². The van der Waals surface area contributed by atoms with E-state index in [-0.39, 0.29) is 18.4 Å². The molecule has 0 saturated carbocycles. The maximum atomic E-state index is 11.5. The first kappa shape index (κ1) is 17.1. The number of carbonyl (C=O) groups excluding carboxylic acids is 1. The van der Waals surface area contributed by atoms with Crippen LogP contribution in [0.15, 0.2) is 18.2 Å². The van der Waals surface area contributed by atoms with E-state index in [0.717, 1.165) is 29.7 Å². The summed E-state index contributed by atoms with van der Waals surface area (Å²) in [5.41, 5.74) is 3.04. The van der Waals surface area contributed by atoms with Gasteiger partial charge in [-0.25, -0.2) is 4.79 Å². The Hall–Kier alpha value is -2.24. The SMILES string of the molecule is CCOC(=O)CNc1cc(C2CCCN(C(=O)O)C2)ccc1C. The molecule has 1 saturated heterocycles. The first-order valence-corrected chi connectivity index (χ1v) is 7.99. The zero-order valence-electron chi connectivity index (χ0n) is 13.7. The first-order chi connectivity index (χ1) is 11.0. The van der Waals surface area contributed by atoms with E-state index in [1.165, 1.54) is 4.90 Å². The van der Waals surface area contributed by atoms with Crippen molar-refractivity contribution in [3.05, 3.63) is 29.3 Å². The summed E-state index contributed by atoms with van der Waals surface area (Å²) in [6.45, 7) is 5.38. The van der Waals surface area contributed by atoms with Crippen molar-refractivity contribution < 1.29 is 19.4 Å². The van der Waals surface area contributed by atoms with Gasteiger partial charge in [-0.3, -0.25) is 4.79 Å². The summed E-state index contributed by atoms with van der Waals surface area (Å²) in [6.07, 6.45) is 0.989. The third kappa shape index (κ3) is 4.61. The third-order valence-electron chi connectivity index (χ3n) is 4.15. The van der Waals surface area contributed by atoms with Gasteiger partial charge in [0, 0.05) is 24.7 Å². The third-order valence-corrected chi connectivity index (χ3v) is 4.15. The quantitative estimate of drug-likeness (QED) is 0.816. The Labute approximate surface area is 136 Å². The van der Waals surface area contributed by atoms with E-state index in [0.29, 0.717) is 19.7 Å². The Bertz CT molecular complexity index is 574. The van der Waals surface area contributed by atoms with Crippen molar-refractivity contribution in [2.45, 2.75) is 32.6 Å². The lowest BCUT2D eigenvalue weighted by Gasteiger charge is -2.31. The number of anilines is 1. The average Bonchev–Trinajstić information content (AvgIpc) is 2.54. The maximum Gasteiger partial charge on any atom is 0.407 e. The van der Waals surface area contributed by atoms with Crippen molar-refractivity contribution in [3.8, 4) is 0 Å². The predicted octanol–water partition coefficient (Wildman–Crippen LogP) is 2.83. The molecule has 1 aromatic rings. The molecule has 1 aliphatic rings. The number of piperidine rings is 1. The highest BCUT2D eigenvalue weighted by molar-refractivity contribution is 5.75. The minimum Gasteiger partial charge on any atom is -0.465 e. The summed E-state index contributed by atoms with van der Waals surface area (Å²) < 4.78 is 4.92. The number of benzene rings is 1. The van der Waals surface area contributed by atoms with Gasteiger partial charge in [0.1, 0.15) is 6.54 Å². The van der Waals surface area contributed by atoms with Crippen LogP contribution < -0.4 is 5.32 Å². The molecule has 0 bridgehead atoms. The van der Waals surface area contributed by atoms with Gasteiger partial charge in [0.25, 0.3) is 0 Å². The van der Waals surface area contributed by atoms with Crippen LogP contribution in [0.3, 0.4) is 0 Å². The van der Waals surface area contributed by atoms with Crippen LogP contribution >= 0.6 is 0 Å². The molecule has 0 aromatic heterocycles. The number of carboxylic acid groups (broad SMARTS) is 1. The fraction of sp³-hybridized carbons (Fsp3) is 0.529. The summed E-state index contributed by atoms with van der Waals surface area (Å²) in [5.74, 6) is -0.0874. The molecule has 126 valence electrons. The van der Waals surface area contributed by atoms with Crippen molar-refractivity contribution in [3.63, 3.8) is 0 Å². The van der Waals surface area contributed by atoms with Gasteiger partial charge in [0.05, 0.1) is 6.61 Å². The summed E-state index contributed by atoms with van der Waals surface area (Å²) in [4.78, 5) is 24.1. The zero-order valence-corrected chi connectivity index (χ0v) is 13.7. The van der Waals surface area contributed by atoms with Crippen LogP contribution in [0.1, 0.15) is 36.8 Å². The number of amides is 1. The lowest BCUT2D eigenvalue weighted by atomic mass is 9.90. The first-order valence-electron chi connectivity index (χ1n) is 7.99. The largest absolute Gasteiger partial charge is 0.465 e. The van der Waals surface area contributed by atoms with E-state index >= 15 is 0 Å². The lowest BCUT2D eigenvalue weighted by molar-refractivity contribution is -0.140. The summed E-state index contributed by atoms with van der Waals surface area (Å²) in [6, 6.07) is 6.06. The highest BCUT2D eigenvalue weighted by atomic mass is 16.5. The monoisotopic (exact) mass is 320 g/mol. The van der Waals surface area contributed by atoms with Crippen molar-refractivity contribution in [1.82, 2.24) is 4.90 Å². The van der Waals surface area contributed by atoms with Crippen molar-refractivity contribution in [2.24, 2.45) is 0 Å². The van der Waals surface area contributed by atoms with E-state index in [2.05, 4.69) is 5.32 Å². The Morgan fingerprint density at radius 2 is 2.22 bits per heavy atom. The van der Waals surface area contributed by atoms with Gasteiger partial charge < -0.3 is 20.1 Å². The number of carbonyl (C=O) groups is 2. The van der Waals surface area contributed by atoms with Crippen molar-refractivity contribution >= 4 is 17.7 Å². The van der Waals surface area contributed by atoms with Crippen LogP contribution in [-0.2, 0) is 9.53 Å². The number of nitrogens with one attached hydrogen (secondary N) is 1. The van der Waals surface area contributed by atoms with Gasteiger partial charge in [-0.15, -0.1) is 0 Å². The minimum atomic E-state index is -0.859. The zero-order chi connectivity index (χ0) is 16.8. The standard InChI is InChI=1S/C17H24N2O4/c1-3-23-16(20)10-18-15-9-13(7-6-12(15)2)14-5-4-8-19(11-14)17(21)22/h6-7,9,14,18H,3-5,8,10-11H2,1-2H3,(H,21,22). The number of nitrogens with zero attached hydrogens (tertiary/aromatic N) is 1. The van der Waals surface area contributed by atoms with E-state index in [4.69, 9.17) is 9.84 Å². The van der Waals surface area contributed by atoms with E-state index in [1.807, 2.05) is 25.1 Å². The van der Waals surface area contributed by atoms with Crippen LogP contribution in [0.2, 0.25) is 0 Å². The lowest BCUT2D eigenvalue weighted by Crippen LogP contribution is -2.38. The fourth-order valence-corrected chi connectivity index (χ4v) is 2.89. The van der Waals surface area contributed by atoms with Crippen LogP contribution in [0.4, 0.5) is 10.5 Å². The highest BCUT2D eigenvalue weighted by Crippen LogP contribution is 2.29. The minimum absolute atomic E-state index is 0.129. The molecule has 1 amide bonds. The second kappa shape index (κ2) is 7.85. The molecule has 2 N–H and O–H groups in total. The number of ether oxygens (including phenoxy) is 1. The van der Waals surface area contributed by atoms with Gasteiger partial charge in [-0.05, 0) is 43.9 Å². The smallest absolute Gasteiger partial charge is 0.407 e. The topological polar surface area (TPSA) is 78.9 Å². The van der Waals surface area contributed by atoms with Crippen LogP contribution in [-0.4, -0.2) is 48.3 Å². The fourth-order valence-electron chi connectivity index (χ4n) is 2.89. The van der Waals surface area contributed by atoms with Gasteiger partial charge in [-0.1, -0.05) is 12.1 Å². The second-order valence-electron chi connectivity index (χ2n) is 5.80. The van der Waals surface area contributed by atoms with E-state index < -0.39 is 6.09 Å². The predicted molar refractivity (Wildman–Crippen MR) is 87.9 cm³/mol. The Morgan fingerprint density at radius 3 is 2.91 bits per heavy atom. The second-order valence-corrected chi connectivity index (χ2v) is 5.80. The molecule has 1 aliphatic heterocycles. The van der Waals surface area contributed by atoms with Crippen LogP contribution in [0, 0.1) is 6.92 Å². The number of rotatable bonds is 5. The normalized spacial score (nSPS) is 17.7. The average molecular weight is 320 g/mol. The highest BCUT2D eigenvalue weighted by Gasteiger charge is 2.24. The summed E-state index contributed by atoms with van der Waals surface area (Å²) in [5, 5.41) is 12.3. The van der Waals surface area contributed by atoms with Gasteiger partial charge in [0.2, 0.25) is 0 Å². The maximum absolute atomic E-state index is 11.5. The number of hydrogen-bond acceptors (Lipinski definition) is 4. The summed E-state index contributed by atoms with van der Waals surface area (Å²) >= 11 is 0. The van der Waals surface area contributed by atoms with Crippen molar-refractivity contribution in [2.75, 3.05) is 31.6 Å². The van der Waals surface area contributed by atoms with Gasteiger partial charge in [-0.2, -0.15) is 0 Å². The molecule has 6 nitrogen and oxygen atoms in total. The molecule has 6 heteroatoms. The molecule has 23 heavy (non-hydrogen) atoms. The Balaban J connectivity index is 2.07.